The molecule has 0 radical (unpaired) electrons. The lowest BCUT2D eigenvalue weighted by Gasteiger charge is -2.23. The van der Waals surface area contributed by atoms with Crippen LogP contribution in [0.5, 0.6) is 5.75 Å². The Morgan fingerprint density at radius 1 is 1.44 bits per heavy atom. The lowest BCUT2D eigenvalue weighted by molar-refractivity contribution is 0.260. The fraction of sp³-hybridized carbons (Fsp3) is 0.538. The van der Waals surface area contributed by atoms with Crippen molar-refractivity contribution in [3.8, 4) is 5.75 Å². The van der Waals surface area contributed by atoms with E-state index in [2.05, 4.69) is 33.0 Å². The number of hydrogen-bond donors (Lipinski definition) is 0. The summed E-state index contributed by atoms with van der Waals surface area (Å²) in [7, 11) is 1.74. The standard InChI is InChI=1S/C13H18BrNO/c1-16-13-7-3-2-5-11(13)10-15-8-4-6-12(15)9-14/h2-3,5,7,12H,4,6,8-10H2,1H3. The van der Waals surface area contributed by atoms with E-state index in [0.717, 1.165) is 17.6 Å². The van der Waals surface area contributed by atoms with Crippen molar-refractivity contribution in [1.29, 1.82) is 0 Å². The maximum Gasteiger partial charge on any atom is 0.123 e. The molecule has 1 aromatic rings. The average molecular weight is 284 g/mol. The highest BCUT2D eigenvalue weighted by Crippen LogP contribution is 2.25. The Hall–Kier alpha value is -0.540. The lowest BCUT2D eigenvalue weighted by atomic mass is 10.1. The Labute approximate surface area is 106 Å². The molecule has 1 aliphatic rings. The Morgan fingerprint density at radius 3 is 3.00 bits per heavy atom. The molecule has 0 aromatic heterocycles. The second-order valence-electron chi connectivity index (χ2n) is 4.23. The molecular weight excluding hydrogens is 266 g/mol. The summed E-state index contributed by atoms with van der Waals surface area (Å²) < 4.78 is 5.39. The number of benzene rings is 1. The third kappa shape index (κ3) is 2.58. The van der Waals surface area contributed by atoms with E-state index in [1.54, 1.807) is 7.11 Å². The zero-order valence-corrected chi connectivity index (χ0v) is 11.2. The summed E-state index contributed by atoms with van der Waals surface area (Å²) in [5, 5.41) is 1.07. The summed E-state index contributed by atoms with van der Waals surface area (Å²) in [6, 6.07) is 8.98. The summed E-state index contributed by atoms with van der Waals surface area (Å²) in [6.45, 7) is 2.20. The van der Waals surface area contributed by atoms with Gasteiger partial charge in [-0.2, -0.15) is 0 Å². The van der Waals surface area contributed by atoms with Crippen LogP contribution in [0.1, 0.15) is 18.4 Å². The molecule has 16 heavy (non-hydrogen) atoms. The summed E-state index contributed by atoms with van der Waals surface area (Å²) in [5.41, 5.74) is 1.29. The van der Waals surface area contributed by atoms with Crippen LogP contribution in [0.25, 0.3) is 0 Å². The van der Waals surface area contributed by atoms with E-state index in [1.165, 1.54) is 24.9 Å². The molecular formula is C13H18BrNO. The molecule has 0 bridgehead atoms. The molecule has 1 saturated heterocycles. The van der Waals surface area contributed by atoms with Gasteiger partial charge >= 0.3 is 0 Å². The number of rotatable bonds is 4. The van der Waals surface area contributed by atoms with Gasteiger partial charge in [0.25, 0.3) is 0 Å². The molecule has 1 unspecified atom stereocenters. The van der Waals surface area contributed by atoms with Crippen molar-refractivity contribution in [2.75, 3.05) is 19.0 Å². The van der Waals surface area contributed by atoms with Crippen molar-refractivity contribution >= 4 is 15.9 Å². The molecule has 0 aliphatic carbocycles. The van der Waals surface area contributed by atoms with Crippen LogP contribution in [0.2, 0.25) is 0 Å². The van der Waals surface area contributed by atoms with Crippen LogP contribution < -0.4 is 4.74 Å². The van der Waals surface area contributed by atoms with Crippen molar-refractivity contribution in [1.82, 2.24) is 4.90 Å². The quantitative estimate of drug-likeness (QED) is 0.788. The predicted molar refractivity (Wildman–Crippen MR) is 70.2 cm³/mol. The number of methoxy groups -OCH3 is 1. The second-order valence-corrected chi connectivity index (χ2v) is 4.88. The van der Waals surface area contributed by atoms with Crippen LogP contribution in [-0.2, 0) is 6.54 Å². The normalized spacial score (nSPS) is 21.2. The van der Waals surface area contributed by atoms with Crippen LogP contribution in [0.3, 0.4) is 0 Å². The number of ether oxygens (including phenoxy) is 1. The Morgan fingerprint density at radius 2 is 2.25 bits per heavy atom. The van der Waals surface area contributed by atoms with Crippen molar-refractivity contribution in [2.24, 2.45) is 0 Å². The molecule has 0 amide bonds. The third-order valence-electron chi connectivity index (χ3n) is 3.24. The average Bonchev–Trinajstić information content (AvgIpc) is 2.77. The van der Waals surface area contributed by atoms with E-state index in [-0.39, 0.29) is 0 Å². The van der Waals surface area contributed by atoms with Gasteiger partial charge in [0, 0.05) is 23.5 Å². The molecule has 1 fully saturated rings. The van der Waals surface area contributed by atoms with Gasteiger partial charge in [0.1, 0.15) is 5.75 Å². The predicted octanol–water partition coefficient (Wildman–Crippen LogP) is 3.05. The number of alkyl halides is 1. The zero-order valence-electron chi connectivity index (χ0n) is 9.66. The van der Waals surface area contributed by atoms with E-state index in [1.807, 2.05) is 12.1 Å². The monoisotopic (exact) mass is 283 g/mol. The van der Waals surface area contributed by atoms with Crippen LogP contribution in [-0.4, -0.2) is 29.9 Å². The number of hydrogen-bond acceptors (Lipinski definition) is 2. The van der Waals surface area contributed by atoms with Gasteiger partial charge in [-0.25, -0.2) is 0 Å². The topological polar surface area (TPSA) is 12.5 Å². The summed E-state index contributed by atoms with van der Waals surface area (Å²) >= 11 is 3.59. The molecule has 0 spiro atoms. The van der Waals surface area contributed by atoms with E-state index < -0.39 is 0 Å². The second kappa shape index (κ2) is 5.69. The molecule has 0 saturated carbocycles. The van der Waals surface area contributed by atoms with Crippen LogP contribution >= 0.6 is 15.9 Å². The third-order valence-corrected chi connectivity index (χ3v) is 3.99. The molecule has 2 nitrogen and oxygen atoms in total. The Balaban J connectivity index is 2.08. The molecule has 1 atom stereocenters. The zero-order chi connectivity index (χ0) is 11.4. The van der Waals surface area contributed by atoms with Gasteiger partial charge in [0.15, 0.2) is 0 Å². The number of nitrogens with zero attached hydrogens (tertiary/aromatic N) is 1. The number of likely N-dealkylation sites (tertiary alicyclic amines) is 1. The maximum absolute atomic E-state index is 5.39. The van der Waals surface area contributed by atoms with E-state index in [9.17, 15) is 0 Å². The first-order valence-electron chi connectivity index (χ1n) is 5.77. The van der Waals surface area contributed by atoms with Crippen molar-refractivity contribution in [3.05, 3.63) is 29.8 Å². The lowest BCUT2D eigenvalue weighted by Crippen LogP contribution is -2.30. The SMILES string of the molecule is COc1ccccc1CN1CCCC1CBr. The molecule has 1 aliphatic heterocycles. The largest absolute Gasteiger partial charge is 0.496 e. The molecule has 2 rings (SSSR count). The minimum absolute atomic E-state index is 0.685. The first kappa shape index (κ1) is 11.9. The van der Waals surface area contributed by atoms with Gasteiger partial charge < -0.3 is 4.74 Å². The van der Waals surface area contributed by atoms with Crippen molar-refractivity contribution in [2.45, 2.75) is 25.4 Å². The molecule has 3 heteroatoms. The summed E-state index contributed by atoms with van der Waals surface area (Å²) in [4.78, 5) is 2.53. The van der Waals surface area contributed by atoms with Crippen molar-refractivity contribution in [3.63, 3.8) is 0 Å². The van der Waals surface area contributed by atoms with E-state index in [0.29, 0.717) is 6.04 Å². The minimum Gasteiger partial charge on any atom is -0.496 e. The minimum atomic E-state index is 0.685. The van der Waals surface area contributed by atoms with Gasteiger partial charge in [0.2, 0.25) is 0 Å². The van der Waals surface area contributed by atoms with E-state index in [4.69, 9.17) is 4.74 Å². The summed E-state index contributed by atoms with van der Waals surface area (Å²) in [6.07, 6.45) is 2.62. The van der Waals surface area contributed by atoms with Crippen LogP contribution in [0.15, 0.2) is 24.3 Å². The smallest absolute Gasteiger partial charge is 0.123 e. The first-order valence-corrected chi connectivity index (χ1v) is 6.89. The fourth-order valence-electron chi connectivity index (χ4n) is 2.33. The van der Waals surface area contributed by atoms with Gasteiger partial charge in [-0.3, -0.25) is 4.90 Å². The highest BCUT2D eigenvalue weighted by molar-refractivity contribution is 9.09. The van der Waals surface area contributed by atoms with Gasteiger partial charge in [-0.15, -0.1) is 0 Å². The first-order chi connectivity index (χ1) is 7.85. The molecule has 1 aromatic carbocycles. The Bertz CT molecular complexity index is 342. The van der Waals surface area contributed by atoms with Gasteiger partial charge in [-0.05, 0) is 25.5 Å². The van der Waals surface area contributed by atoms with E-state index >= 15 is 0 Å². The highest BCUT2D eigenvalue weighted by atomic mass is 79.9. The van der Waals surface area contributed by atoms with Crippen LogP contribution in [0, 0.1) is 0 Å². The number of halogens is 1. The van der Waals surface area contributed by atoms with Gasteiger partial charge in [-0.1, -0.05) is 34.1 Å². The Kier molecular flexibility index (Phi) is 4.24. The maximum atomic E-state index is 5.39. The molecule has 0 N–H and O–H groups in total. The highest BCUT2D eigenvalue weighted by Gasteiger charge is 2.23. The molecule has 1 heterocycles. The van der Waals surface area contributed by atoms with Crippen molar-refractivity contribution < 1.29 is 4.74 Å². The molecule has 88 valence electrons. The summed E-state index contributed by atoms with van der Waals surface area (Å²) in [5.74, 6) is 1.00. The number of para-hydroxylation sites is 1. The van der Waals surface area contributed by atoms with Crippen LogP contribution in [0.4, 0.5) is 0 Å². The fourth-order valence-corrected chi connectivity index (χ4v) is 3.06. The van der Waals surface area contributed by atoms with Gasteiger partial charge in [0.05, 0.1) is 7.11 Å².